The van der Waals surface area contributed by atoms with Crippen LogP contribution >= 0.6 is 0 Å². The molecular formula is C20H28N2O2. The van der Waals surface area contributed by atoms with Crippen molar-refractivity contribution in [2.45, 2.75) is 58.0 Å². The first-order valence-electron chi connectivity index (χ1n) is 9.31. The summed E-state index contributed by atoms with van der Waals surface area (Å²) >= 11 is 0. The second-order valence-corrected chi connectivity index (χ2v) is 7.11. The Labute approximate surface area is 144 Å². The summed E-state index contributed by atoms with van der Waals surface area (Å²) in [4.78, 5) is 29.1. The van der Waals surface area contributed by atoms with Gasteiger partial charge in [-0.25, -0.2) is 0 Å². The zero-order valence-electron chi connectivity index (χ0n) is 14.6. The van der Waals surface area contributed by atoms with Gasteiger partial charge in [-0.05, 0) is 31.2 Å². The Morgan fingerprint density at radius 3 is 2.62 bits per heavy atom. The van der Waals surface area contributed by atoms with Gasteiger partial charge in [0.25, 0.3) is 0 Å². The lowest BCUT2D eigenvalue weighted by atomic mass is 9.95. The molecule has 1 saturated heterocycles. The highest BCUT2D eigenvalue weighted by molar-refractivity contribution is 5.84. The third-order valence-corrected chi connectivity index (χ3v) is 5.09. The molecule has 130 valence electrons. The van der Waals surface area contributed by atoms with Gasteiger partial charge in [-0.3, -0.25) is 9.59 Å². The molecule has 1 aliphatic carbocycles. The van der Waals surface area contributed by atoms with Crippen molar-refractivity contribution < 1.29 is 9.59 Å². The molecule has 1 aliphatic heterocycles. The molecule has 24 heavy (non-hydrogen) atoms. The summed E-state index contributed by atoms with van der Waals surface area (Å²) in [5, 5.41) is 0. The van der Waals surface area contributed by atoms with E-state index in [9.17, 15) is 9.59 Å². The minimum absolute atomic E-state index is 0.0242. The van der Waals surface area contributed by atoms with Crippen LogP contribution in [0.5, 0.6) is 0 Å². The quantitative estimate of drug-likeness (QED) is 0.771. The number of hydrogen-bond donors (Lipinski definition) is 0. The van der Waals surface area contributed by atoms with Gasteiger partial charge in [0.1, 0.15) is 0 Å². The van der Waals surface area contributed by atoms with Crippen molar-refractivity contribution in [3.05, 3.63) is 35.9 Å². The highest BCUT2D eigenvalue weighted by atomic mass is 16.2. The molecule has 0 N–H and O–H groups in total. The molecule has 1 aromatic rings. The number of piperidine rings is 1. The molecule has 2 aliphatic rings. The Hall–Kier alpha value is -1.84. The minimum atomic E-state index is -0.0242. The lowest BCUT2D eigenvalue weighted by Gasteiger charge is -2.35. The molecule has 2 amide bonds. The predicted octanol–water partition coefficient (Wildman–Crippen LogP) is 3.22. The van der Waals surface area contributed by atoms with Crippen molar-refractivity contribution in [1.82, 2.24) is 9.80 Å². The van der Waals surface area contributed by atoms with Crippen molar-refractivity contribution in [2.75, 3.05) is 13.1 Å². The number of carbonyl (C=O) groups is 2. The summed E-state index contributed by atoms with van der Waals surface area (Å²) in [6, 6.07) is 10.6. The summed E-state index contributed by atoms with van der Waals surface area (Å²) in [5.41, 5.74) is 1.17. The lowest BCUT2D eigenvalue weighted by Crippen LogP contribution is -2.47. The molecule has 0 spiro atoms. The summed E-state index contributed by atoms with van der Waals surface area (Å²) < 4.78 is 0. The topological polar surface area (TPSA) is 40.6 Å². The number of nitrogens with zero attached hydrogens (tertiary/aromatic N) is 2. The average molecular weight is 328 g/mol. The predicted molar refractivity (Wildman–Crippen MR) is 94.2 cm³/mol. The van der Waals surface area contributed by atoms with Gasteiger partial charge < -0.3 is 9.80 Å². The number of amides is 2. The zero-order valence-corrected chi connectivity index (χ0v) is 14.6. The summed E-state index contributed by atoms with van der Waals surface area (Å²) in [6.45, 7) is 4.25. The molecule has 3 rings (SSSR count). The van der Waals surface area contributed by atoms with Crippen LogP contribution < -0.4 is 0 Å². The smallest absolute Gasteiger partial charge is 0.227 e. The van der Waals surface area contributed by atoms with Crippen molar-refractivity contribution in [3.63, 3.8) is 0 Å². The SMILES string of the molecule is CCCCN(Cc1ccccc1)C(=O)[C@H]1CCC(=O)N(C2CC2)C1. The van der Waals surface area contributed by atoms with Crippen molar-refractivity contribution in [3.8, 4) is 0 Å². The van der Waals surface area contributed by atoms with Crippen molar-refractivity contribution in [2.24, 2.45) is 5.92 Å². The molecule has 2 fully saturated rings. The fourth-order valence-corrected chi connectivity index (χ4v) is 3.49. The van der Waals surface area contributed by atoms with E-state index >= 15 is 0 Å². The van der Waals surface area contributed by atoms with Gasteiger partial charge in [0.05, 0.1) is 5.92 Å². The van der Waals surface area contributed by atoms with Crippen LogP contribution in [0.25, 0.3) is 0 Å². The number of likely N-dealkylation sites (tertiary alicyclic amines) is 1. The largest absolute Gasteiger partial charge is 0.339 e. The fourth-order valence-electron chi connectivity index (χ4n) is 3.49. The van der Waals surface area contributed by atoms with E-state index in [1.54, 1.807) is 0 Å². The molecule has 1 aromatic carbocycles. The molecule has 0 radical (unpaired) electrons. The standard InChI is InChI=1S/C20H28N2O2/c1-2-3-13-21(14-16-7-5-4-6-8-16)20(24)17-9-12-19(23)22(15-17)18-10-11-18/h4-8,17-18H,2-3,9-15H2,1H3/t17-/m0/s1. The number of benzene rings is 1. The van der Waals surface area contributed by atoms with Crippen LogP contribution in [0, 0.1) is 5.92 Å². The normalized spacial score (nSPS) is 21.0. The Bertz CT molecular complexity index is 568. The molecule has 0 aromatic heterocycles. The summed E-state index contributed by atoms with van der Waals surface area (Å²) in [5.74, 6) is 0.444. The second kappa shape index (κ2) is 7.82. The number of carbonyl (C=O) groups excluding carboxylic acids is 2. The van der Waals surface area contributed by atoms with E-state index < -0.39 is 0 Å². The van der Waals surface area contributed by atoms with Crippen LogP contribution in [0.4, 0.5) is 0 Å². The maximum atomic E-state index is 13.1. The van der Waals surface area contributed by atoms with E-state index in [0.717, 1.165) is 32.2 Å². The maximum Gasteiger partial charge on any atom is 0.227 e. The van der Waals surface area contributed by atoms with Gasteiger partial charge >= 0.3 is 0 Å². The average Bonchev–Trinajstić information content (AvgIpc) is 3.44. The maximum absolute atomic E-state index is 13.1. The van der Waals surface area contributed by atoms with Crippen molar-refractivity contribution >= 4 is 11.8 Å². The first kappa shape index (κ1) is 17.0. The van der Waals surface area contributed by atoms with Crippen LogP contribution in [0.1, 0.15) is 51.0 Å². The Balaban J connectivity index is 1.66. The first-order chi connectivity index (χ1) is 11.7. The highest BCUT2D eigenvalue weighted by Crippen LogP contribution is 2.32. The van der Waals surface area contributed by atoms with E-state index in [2.05, 4.69) is 19.1 Å². The molecule has 1 atom stereocenters. The van der Waals surface area contributed by atoms with Crippen LogP contribution in [-0.4, -0.2) is 40.7 Å². The van der Waals surface area contributed by atoms with E-state index in [4.69, 9.17) is 0 Å². The molecule has 4 nitrogen and oxygen atoms in total. The Kier molecular flexibility index (Phi) is 5.54. The summed E-state index contributed by atoms with van der Waals surface area (Å²) in [7, 11) is 0. The van der Waals surface area contributed by atoms with E-state index in [1.165, 1.54) is 5.56 Å². The highest BCUT2D eigenvalue weighted by Gasteiger charge is 2.39. The number of hydrogen-bond acceptors (Lipinski definition) is 2. The molecule has 1 heterocycles. The van der Waals surface area contributed by atoms with Gasteiger partial charge in [-0.15, -0.1) is 0 Å². The Morgan fingerprint density at radius 1 is 1.21 bits per heavy atom. The number of rotatable bonds is 7. The van der Waals surface area contributed by atoms with E-state index in [0.29, 0.717) is 32.0 Å². The Morgan fingerprint density at radius 2 is 1.96 bits per heavy atom. The number of unbranched alkanes of at least 4 members (excludes halogenated alkanes) is 1. The third-order valence-electron chi connectivity index (χ3n) is 5.09. The molecule has 0 unspecified atom stereocenters. The van der Waals surface area contributed by atoms with Crippen LogP contribution in [-0.2, 0) is 16.1 Å². The second-order valence-electron chi connectivity index (χ2n) is 7.11. The fraction of sp³-hybridized carbons (Fsp3) is 0.600. The summed E-state index contributed by atoms with van der Waals surface area (Å²) in [6.07, 6.45) is 5.55. The third kappa shape index (κ3) is 4.16. The van der Waals surface area contributed by atoms with Gasteiger partial charge in [0.15, 0.2) is 0 Å². The molecule has 1 saturated carbocycles. The zero-order chi connectivity index (χ0) is 16.9. The molecule has 0 bridgehead atoms. The van der Waals surface area contributed by atoms with Gasteiger partial charge in [-0.2, -0.15) is 0 Å². The lowest BCUT2D eigenvalue weighted by molar-refractivity contribution is -0.144. The van der Waals surface area contributed by atoms with Gasteiger partial charge in [0.2, 0.25) is 11.8 Å². The molecule has 4 heteroatoms. The van der Waals surface area contributed by atoms with Crippen LogP contribution in [0.15, 0.2) is 30.3 Å². The van der Waals surface area contributed by atoms with Crippen molar-refractivity contribution in [1.29, 1.82) is 0 Å². The monoisotopic (exact) mass is 328 g/mol. The van der Waals surface area contributed by atoms with Gasteiger partial charge in [-0.1, -0.05) is 43.7 Å². The van der Waals surface area contributed by atoms with Gasteiger partial charge in [0, 0.05) is 32.1 Å². The van der Waals surface area contributed by atoms with Crippen LogP contribution in [0.2, 0.25) is 0 Å². The van der Waals surface area contributed by atoms with E-state index in [1.807, 2.05) is 28.0 Å². The molecular weight excluding hydrogens is 300 g/mol. The first-order valence-corrected chi connectivity index (χ1v) is 9.31. The minimum Gasteiger partial charge on any atom is -0.339 e. The van der Waals surface area contributed by atoms with E-state index in [-0.39, 0.29) is 17.7 Å². The van der Waals surface area contributed by atoms with Crippen LogP contribution in [0.3, 0.4) is 0 Å².